The maximum atomic E-state index is 12.0. The summed E-state index contributed by atoms with van der Waals surface area (Å²) in [4.78, 5) is 35.4. The number of aromatic amines is 2. The number of para-hydroxylation sites is 1. The van der Waals surface area contributed by atoms with E-state index in [1.165, 1.54) is 0 Å². The Morgan fingerprint density at radius 1 is 1.24 bits per heavy atom. The lowest BCUT2D eigenvalue weighted by Crippen LogP contribution is -2.15. The Morgan fingerprint density at radius 3 is 2.80 bits per heavy atom. The molecule has 0 saturated carbocycles. The normalized spacial score (nSPS) is 11.2. The van der Waals surface area contributed by atoms with E-state index in [2.05, 4.69) is 30.5 Å². The van der Waals surface area contributed by atoms with Crippen LogP contribution in [0.1, 0.15) is 44.3 Å². The smallest absolute Gasteiger partial charge is 0.258 e. The summed E-state index contributed by atoms with van der Waals surface area (Å²) in [7, 11) is 0. The molecule has 0 atom stereocenters. The van der Waals surface area contributed by atoms with Crippen LogP contribution in [-0.4, -0.2) is 31.1 Å². The summed E-state index contributed by atoms with van der Waals surface area (Å²) in [6.07, 6.45) is 1.37. The summed E-state index contributed by atoms with van der Waals surface area (Å²) in [5.74, 6) is 1.64. The van der Waals surface area contributed by atoms with Gasteiger partial charge in [-0.1, -0.05) is 26.0 Å². The molecule has 2 aromatic heterocycles. The largest absolute Gasteiger partial charge is 0.310 e. The van der Waals surface area contributed by atoms with Crippen LogP contribution in [0.2, 0.25) is 0 Å². The van der Waals surface area contributed by atoms with Crippen molar-refractivity contribution in [2.75, 3.05) is 5.32 Å². The van der Waals surface area contributed by atoms with Crippen LogP contribution in [0.5, 0.6) is 0 Å². The van der Waals surface area contributed by atoms with E-state index in [0.29, 0.717) is 36.0 Å². The standard InChI is InChI=1S/C17H20N6O2/c1-10(2)15-21-17(23-22-15)20-14(24)9-5-8-13-18-12-7-4-3-6-11(12)16(25)19-13/h3-4,6-7,10H,5,8-9H2,1-2H3,(H,18,19,25)(H2,20,21,22,23,24). The van der Waals surface area contributed by atoms with E-state index < -0.39 is 0 Å². The molecule has 2 heterocycles. The van der Waals surface area contributed by atoms with Crippen molar-refractivity contribution in [1.82, 2.24) is 25.1 Å². The monoisotopic (exact) mass is 340 g/mol. The molecule has 0 fully saturated rings. The number of anilines is 1. The first-order chi connectivity index (χ1) is 12.0. The number of amides is 1. The van der Waals surface area contributed by atoms with Gasteiger partial charge in [0, 0.05) is 18.8 Å². The molecule has 1 amide bonds. The molecule has 0 aliphatic carbocycles. The molecule has 8 nitrogen and oxygen atoms in total. The van der Waals surface area contributed by atoms with E-state index in [1.54, 1.807) is 18.2 Å². The van der Waals surface area contributed by atoms with Crippen molar-refractivity contribution < 1.29 is 4.79 Å². The minimum absolute atomic E-state index is 0.160. The molecule has 130 valence electrons. The van der Waals surface area contributed by atoms with Crippen LogP contribution >= 0.6 is 0 Å². The number of aryl methyl sites for hydroxylation is 1. The molecule has 0 aliphatic heterocycles. The number of hydrogen-bond acceptors (Lipinski definition) is 5. The second kappa shape index (κ2) is 7.25. The van der Waals surface area contributed by atoms with Crippen molar-refractivity contribution in [3.8, 4) is 0 Å². The Kier molecular flexibility index (Phi) is 4.87. The van der Waals surface area contributed by atoms with Crippen LogP contribution in [0.4, 0.5) is 5.95 Å². The van der Waals surface area contributed by atoms with Gasteiger partial charge in [0.15, 0.2) is 0 Å². The van der Waals surface area contributed by atoms with Crippen molar-refractivity contribution >= 4 is 22.8 Å². The number of aromatic nitrogens is 5. The van der Waals surface area contributed by atoms with Gasteiger partial charge < -0.3 is 4.98 Å². The van der Waals surface area contributed by atoms with E-state index >= 15 is 0 Å². The fourth-order valence-corrected chi connectivity index (χ4v) is 2.45. The fourth-order valence-electron chi connectivity index (χ4n) is 2.45. The van der Waals surface area contributed by atoms with E-state index in [-0.39, 0.29) is 23.3 Å². The van der Waals surface area contributed by atoms with Crippen LogP contribution in [-0.2, 0) is 11.2 Å². The highest BCUT2D eigenvalue weighted by Gasteiger charge is 2.10. The number of hydrogen-bond donors (Lipinski definition) is 3. The van der Waals surface area contributed by atoms with Crippen LogP contribution in [0.15, 0.2) is 29.1 Å². The molecule has 0 unspecified atom stereocenters. The molecule has 3 N–H and O–H groups in total. The third kappa shape index (κ3) is 4.09. The van der Waals surface area contributed by atoms with Gasteiger partial charge >= 0.3 is 0 Å². The first kappa shape index (κ1) is 16.8. The van der Waals surface area contributed by atoms with E-state index in [1.807, 2.05) is 19.9 Å². The minimum Gasteiger partial charge on any atom is -0.310 e. The Balaban J connectivity index is 1.55. The van der Waals surface area contributed by atoms with E-state index in [4.69, 9.17) is 0 Å². The van der Waals surface area contributed by atoms with Crippen molar-refractivity contribution in [2.45, 2.75) is 39.0 Å². The van der Waals surface area contributed by atoms with Gasteiger partial charge in [-0.3, -0.25) is 20.0 Å². The van der Waals surface area contributed by atoms with Gasteiger partial charge in [-0.05, 0) is 18.6 Å². The maximum Gasteiger partial charge on any atom is 0.258 e. The predicted octanol–water partition coefficient (Wildman–Crippen LogP) is 2.13. The second-order valence-corrected chi connectivity index (χ2v) is 6.13. The third-order valence-corrected chi connectivity index (χ3v) is 3.78. The zero-order valence-electron chi connectivity index (χ0n) is 14.2. The molecular weight excluding hydrogens is 320 g/mol. The van der Waals surface area contributed by atoms with Crippen LogP contribution in [0, 0.1) is 0 Å². The summed E-state index contributed by atoms with van der Waals surface area (Å²) in [6.45, 7) is 3.98. The first-order valence-corrected chi connectivity index (χ1v) is 8.23. The van der Waals surface area contributed by atoms with Crippen molar-refractivity contribution in [3.63, 3.8) is 0 Å². The number of carbonyl (C=O) groups is 1. The summed E-state index contributed by atoms with van der Waals surface area (Å²) in [5, 5.41) is 9.98. The molecule has 0 aliphatic rings. The van der Waals surface area contributed by atoms with Gasteiger partial charge in [0.25, 0.3) is 5.56 Å². The molecule has 3 aromatic rings. The lowest BCUT2D eigenvalue weighted by atomic mass is 10.2. The molecule has 3 rings (SSSR count). The summed E-state index contributed by atoms with van der Waals surface area (Å²) in [6, 6.07) is 7.18. The Labute approximate surface area is 144 Å². The Morgan fingerprint density at radius 2 is 2.04 bits per heavy atom. The first-order valence-electron chi connectivity index (χ1n) is 8.23. The molecule has 0 saturated heterocycles. The summed E-state index contributed by atoms with van der Waals surface area (Å²) < 4.78 is 0. The van der Waals surface area contributed by atoms with E-state index in [0.717, 1.165) is 5.82 Å². The number of rotatable bonds is 6. The summed E-state index contributed by atoms with van der Waals surface area (Å²) >= 11 is 0. The SMILES string of the molecule is CC(C)c1nc(NC(=O)CCCc2nc3ccccc3c(=O)[nH]2)n[nH]1. The highest BCUT2D eigenvalue weighted by atomic mass is 16.1. The molecule has 0 spiro atoms. The number of carbonyl (C=O) groups excluding carboxylic acids is 1. The highest BCUT2D eigenvalue weighted by molar-refractivity contribution is 5.88. The summed E-state index contributed by atoms with van der Waals surface area (Å²) in [5.41, 5.74) is 0.500. The number of H-pyrrole nitrogens is 2. The number of fused-ring (bicyclic) bond motifs is 1. The van der Waals surface area contributed by atoms with Gasteiger partial charge in [0.1, 0.15) is 11.6 Å². The fraction of sp³-hybridized carbons (Fsp3) is 0.353. The third-order valence-electron chi connectivity index (χ3n) is 3.78. The van der Waals surface area contributed by atoms with Gasteiger partial charge in [0.05, 0.1) is 10.9 Å². The van der Waals surface area contributed by atoms with Crippen LogP contribution in [0.25, 0.3) is 10.9 Å². The van der Waals surface area contributed by atoms with Gasteiger partial charge in [-0.2, -0.15) is 4.98 Å². The van der Waals surface area contributed by atoms with Crippen LogP contribution < -0.4 is 10.9 Å². The molecular formula is C17H20N6O2. The number of nitrogens with one attached hydrogen (secondary N) is 3. The van der Waals surface area contributed by atoms with Crippen LogP contribution in [0.3, 0.4) is 0 Å². The number of benzene rings is 1. The average molecular weight is 340 g/mol. The topological polar surface area (TPSA) is 116 Å². The van der Waals surface area contributed by atoms with Crippen molar-refractivity contribution in [2.24, 2.45) is 0 Å². The lowest BCUT2D eigenvalue weighted by molar-refractivity contribution is -0.116. The van der Waals surface area contributed by atoms with E-state index in [9.17, 15) is 9.59 Å². The Bertz CT molecular complexity index is 943. The van der Waals surface area contributed by atoms with Gasteiger partial charge in [-0.25, -0.2) is 4.98 Å². The molecule has 1 aromatic carbocycles. The molecule has 0 bridgehead atoms. The molecule has 0 radical (unpaired) electrons. The minimum atomic E-state index is -0.169. The second-order valence-electron chi connectivity index (χ2n) is 6.13. The van der Waals surface area contributed by atoms with Gasteiger partial charge in [-0.15, -0.1) is 5.10 Å². The highest BCUT2D eigenvalue weighted by Crippen LogP contribution is 2.11. The zero-order chi connectivity index (χ0) is 17.8. The van der Waals surface area contributed by atoms with Gasteiger partial charge in [0.2, 0.25) is 11.9 Å². The Hall–Kier alpha value is -3.03. The molecule has 25 heavy (non-hydrogen) atoms. The van der Waals surface area contributed by atoms with Crippen molar-refractivity contribution in [3.05, 3.63) is 46.3 Å². The lowest BCUT2D eigenvalue weighted by Gasteiger charge is -2.03. The quantitative estimate of drug-likeness (QED) is 0.635. The van der Waals surface area contributed by atoms with Crippen molar-refractivity contribution in [1.29, 1.82) is 0 Å². The zero-order valence-corrected chi connectivity index (χ0v) is 14.2. The maximum absolute atomic E-state index is 12.0. The predicted molar refractivity (Wildman–Crippen MR) is 94.4 cm³/mol. The molecule has 8 heteroatoms. The average Bonchev–Trinajstić information content (AvgIpc) is 3.03. The number of nitrogens with zero attached hydrogens (tertiary/aromatic N) is 3.